The van der Waals surface area contributed by atoms with E-state index in [4.69, 9.17) is 4.74 Å². The molecule has 21 heavy (non-hydrogen) atoms. The molecule has 1 unspecified atom stereocenters. The first kappa shape index (κ1) is 15.5. The lowest BCUT2D eigenvalue weighted by Gasteiger charge is -2.20. The molecule has 0 aliphatic carbocycles. The Labute approximate surface area is 126 Å². The van der Waals surface area contributed by atoms with E-state index in [9.17, 15) is 4.39 Å². The van der Waals surface area contributed by atoms with E-state index in [2.05, 4.69) is 5.32 Å². The molecule has 2 nitrogen and oxygen atoms in total. The van der Waals surface area contributed by atoms with Crippen LogP contribution in [0.3, 0.4) is 0 Å². The summed E-state index contributed by atoms with van der Waals surface area (Å²) in [5.74, 6) is 0.663. The van der Waals surface area contributed by atoms with Gasteiger partial charge in [-0.3, -0.25) is 0 Å². The van der Waals surface area contributed by atoms with Gasteiger partial charge in [-0.1, -0.05) is 31.2 Å². The van der Waals surface area contributed by atoms with Crippen LogP contribution in [0.2, 0.25) is 0 Å². The van der Waals surface area contributed by atoms with Crippen molar-refractivity contribution in [2.24, 2.45) is 0 Å². The van der Waals surface area contributed by atoms with Crippen molar-refractivity contribution in [2.45, 2.75) is 26.8 Å². The summed E-state index contributed by atoms with van der Waals surface area (Å²) >= 11 is 0. The number of benzene rings is 2. The third-order valence-electron chi connectivity index (χ3n) is 3.40. The Kier molecular flexibility index (Phi) is 5.34. The summed E-state index contributed by atoms with van der Waals surface area (Å²) in [6, 6.07) is 13.0. The Morgan fingerprint density at radius 1 is 1.10 bits per heavy atom. The lowest BCUT2D eigenvalue weighted by Crippen LogP contribution is -2.23. The van der Waals surface area contributed by atoms with Crippen LogP contribution in [0, 0.1) is 12.7 Å². The molecular weight excluding hydrogens is 265 g/mol. The summed E-state index contributed by atoms with van der Waals surface area (Å²) in [5, 5.41) is 3.35. The van der Waals surface area contributed by atoms with Gasteiger partial charge in [0.1, 0.15) is 11.6 Å². The van der Waals surface area contributed by atoms with Gasteiger partial charge in [0.05, 0.1) is 12.6 Å². The van der Waals surface area contributed by atoms with Crippen LogP contribution < -0.4 is 10.1 Å². The lowest BCUT2D eigenvalue weighted by molar-refractivity contribution is 0.340. The van der Waals surface area contributed by atoms with E-state index >= 15 is 0 Å². The molecule has 0 amide bonds. The Morgan fingerprint density at radius 3 is 2.38 bits per heavy atom. The Morgan fingerprint density at radius 2 is 1.81 bits per heavy atom. The quantitative estimate of drug-likeness (QED) is 0.858. The number of hydrogen-bond donors (Lipinski definition) is 1. The summed E-state index contributed by atoms with van der Waals surface area (Å²) in [7, 11) is 0. The smallest absolute Gasteiger partial charge is 0.128 e. The predicted molar refractivity (Wildman–Crippen MR) is 84.3 cm³/mol. The zero-order valence-electron chi connectivity index (χ0n) is 12.8. The van der Waals surface area contributed by atoms with E-state index < -0.39 is 0 Å². The molecule has 0 bridgehead atoms. The molecule has 0 aliphatic heterocycles. The van der Waals surface area contributed by atoms with E-state index in [1.54, 1.807) is 6.07 Å². The van der Waals surface area contributed by atoms with Crippen LogP contribution in [0.4, 0.5) is 4.39 Å². The fraction of sp³-hybridized carbons (Fsp3) is 0.333. The van der Waals surface area contributed by atoms with E-state index in [1.807, 2.05) is 57.2 Å². The topological polar surface area (TPSA) is 21.3 Å². The lowest BCUT2D eigenvalue weighted by atomic mass is 9.97. The van der Waals surface area contributed by atoms with Crippen LogP contribution in [-0.4, -0.2) is 13.2 Å². The standard InChI is InChI=1S/C18H22FNO/c1-4-20-18(16-11-6-13(3)12-17(16)19)14-7-9-15(10-8-14)21-5-2/h6-12,18,20H,4-5H2,1-3H3. The second kappa shape index (κ2) is 7.23. The molecule has 3 heteroatoms. The summed E-state index contributed by atoms with van der Waals surface area (Å²) < 4.78 is 19.7. The molecule has 0 spiro atoms. The predicted octanol–water partition coefficient (Wildman–Crippen LogP) is 4.23. The van der Waals surface area contributed by atoms with Gasteiger partial charge in [-0.2, -0.15) is 0 Å². The Bertz CT molecular complexity index is 580. The molecule has 0 heterocycles. The van der Waals surface area contributed by atoms with E-state index in [0.717, 1.165) is 23.4 Å². The summed E-state index contributed by atoms with van der Waals surface area (Å²) in [6.45, 7) is 7.28. The zero-order chi connectivity index (χ0) is 15.2. The van der Waals surface area contributed by atoms with Crippen LogP contribution in [0.1, 0.15) is 36.6 Å². The van der Waals surface area contributed by atoms with Gasteiger partial charge in [0.25, 0.3) is 0 Å². The van der Waals surface area contributed by atoms with Crippen molar-refractivity contribution in [2.75, 3.05) is 13.2 Å². The van der Waals surface area contributed by atoms with Gasteiger partial charge in [-0.05, 0) is 49.7 Å². The van der Waals surface area contributed by atoms with Crippen molar-refractivity contribution >= 4 is 0 Å². The molecule has 0 radical (unpaired) electrons. The van der Waals surface area contributed by atoms with Crippen molar-refractivity contribution in [3.63, 3.8) is 0 Å². The molecule has 0 aliphatic rings. The molecule has 2 aromatic carbocycles. The van der Waals surface area contributed by atoms with E-state index in [-0.39, 0.29) is 11.9 Å². The van der Waals surface area contributed by atoms with Crippen LogP contribution >= 0.6 is 0 Å². The minimum atomic E-state index is -0.171. The highest BCUT2D eigenvalue weighted by molar-refractivity contribution is 5.37. The zero-order valence-corrected chi connectivity index (χ0v) is 12.8. The largest absolute Gasteiger partial charge is 0.494 e. The molecular formula is C18H22FNO. The second-order valence-electron chi connectivity index (χ2n) is 5.02. The highest BCUT2D eigenvalue weighted by Gasteiger charge is 2.17. The van der Waals surface area contributed by atoms with Crippen molar-refractivity contribution in [1.29, 1.82) is 0 Å². The van der Waals surface area contributed by atoms with Gasteiger partial charge in [0.2, 0.25) is 0 Å². The molecule has 0 aromatic heterocycles. The number of rotatable bonds is 6. The first-order chi connectivity index (χ1) is 10.2. The third-order valence-corrected chi connectivity index (χ3v) is 3.40. The Balaban J connectivity index is 2.33. The summed E-state index contributed by atoms with van der Waals surface area (Å²) in [5.41, 5.74) is 2.63. The molecule has 2 rings (SSSR count). The van der Waals surface area contributed by atoms with Gasteiger partial charge in [-0.25, -0.2) is 4.39 Å². The minimum Gasteiger partial charge on any atom is -0.494 e. The van der Waals surface area contributed by atoms with E-state index in [0.29, 0.717) is 12.2 Å². The number of nitrogens with one attached hydrogen (secondary N) is 1. The molecule has 0 saturated carbocycles. The highest BCUT2D eigenvalue weighted by atomic mass is 19.1. The van der Waals surface area contributed by atoms with Gasteiger partial charge in [-0.15, -0.1) is 0 Å². The number of ether oxygens (including phenoxy) is 1. The van der Waals surface area contributed by atoms with Crippen LogP contribution in [0.5, 0.6) is 5.75 Å². The van der Waals surface area contributed by atoms with Crippen molar-refractivity contribution in [3.05, 3.63) is 65.0 Å². The summed E-state index contributed by atoms with van der Waals surface area (Å²) in [6.07, 6.45) is 0. The first-order valence-corrected chi connectivity index (χ1v) is 7.37. The fourth-order valence-corrected chi connectivity index (χ4v) is 2.40. The average Bonchev–Trinajstić information content (AvgIpc) is 2.47. The molecule has 112 valence electrons. The first-order valence-electron chi connectivity index (χ1n) is 7.37. The molecule has 0 fully saturated rings. The normalized spacial score (nSPS) is 12.2. The van der Waals surface area contributed by atoms with Gasteiger partial charge >= 0.3 is 0 Å². The number of hydrogen-bond acceptors (Lipinski definition) is 2. The van der Waals surface area contributed by atoms with Crippen LogP contribution in [0.15, 0.2) is 42.5 Å². The maximum Gasteiger partial charge on any atom is 0.128 e. The third kappa shape index (κ3) is 3.82. The molecule has 1 atom stereocenters. The van der Waals surface area contributed by atoms with Gasteiger partial charge < -0.3 is 10.1 Å². The monoisotopic (exact) mass is 287 g/mol. The average molecular weight is 287 g/mol. The van der Waals surface area contributed by atoms with Gasteiger partial charge in [0, 0.05) is 5.56 Å². The van der Waals surface area contributed by atoms with E-state index in [1.165, 1.54) is 0 Å². The van der Waals surface area contributed by atoms with Gasteiger partial charge in [0.15, 0.2) is 0 Å². The minimum absolute atomic E-state index is 0.147. The van der Waals surface area contributed by atoms with Crippen molar-refractivity contribution in [3.8, 4) is 5.75 Å². The summed E-state index contributed by atoms with van der Waals surface area (Å²) in [4.78, 5) is 0. The fourth-order valence-electron chi connectivity index (χ4n) is 2.40. The number of halogens is 1. The maximum absolute atomic E-state index is 14.2. The second-order valence-corrected chi connectivity index (χ2v) is 5.02. The SMILES string of the molecule is CCNC(c1ccc(OCC)cc1)c1ccc(C)cc1F. The molecule has 2 aromatic rings. The highest BCUT2D eigenvalue weighted by Crippen LogP contribution is 2.26. The van der Waals surface area contributed by atoms with Crippen LogP contribution in [-0.2, 0) is 0 Å². The molecule has 1 N–H and O–H groups in total. The van der Waals surface area contributed by atoms with Crippen LogP contribution in [0.25, 0.3) is 0 Å². The Hall–Kier alpha value is -1.87. The number of aryl methyl sites for hydroxylation is 1. The van der Waals surface area contributed by atoms with Crippen molar-refractivity contribution < 1.29 is 9.13 Å². The maximum atomic E-state index is 14.2. The molecule has 0 saturated heterocycles. The van der Waals surface area contributed by atoms with Crippen molar-refractivity contribution in [1.82, 2.24) is 5.32 Å².